The molecule has 3 rings (SSSR count). The number of alkyl halides is 1. The minimum Gasteiger partial charge on any atom is -0.311 e. The standard InChI is InChI=1S/C13H20BrN3/c1-8(2)17-12(7-14)15-16-13(17)11-6-9-3-4-10(11)5-9/h8-11H,3-7H2,1-2H3. The molecule has 4 heteroatoms. The van der Waals surface area contributed by atoms with Gasteiger partial charge in [0.15, 0.2) is 0 Å². The Morgan fingerprint density at radius 3 is 2.65 bits per heavy atom. The van der Waals surface area contributed by atoms with Crippen molar-refractivity contribution in [2.24, 2.45) is 11.8 Å². The molecule has 0 spiro atoms. The summed E-state index contributed by atoms with van der Waals surface area (Å²) in [6.45, 7) is 4.46. The lowest BCUT2D eigenvalue weighted by molar-refractivity contribution is 0.384. The molecule has 2 bridgehead atoms. The molecule has 0 aliphatic heterocycles. The van der Waals surface area contributed by atoms with Gasteiger partial charge in [0, 0.05) is 12.0 Å². The van der Waals surface area contributed by atoms with Crippen LogP contribution in [-0.2, 0) is 5.33 Å². The summed E-state index contributed by atoms with van der Waals surface area (Å²) in [5.41, 5.74) is 0. The highest BCUT2D eigenvalue weighted by Crippen LogP contribution is 2.52. The van der Waals surface area contributed by atoms with Gasteiger partial charge in [-0.1, -0.05) is 22.4 Å². The van der Waals surface area contributed by atoms with E-state index in [2.05, 4.69) is 44.5 Å². The molecule has 1 aromatic rings. The zero-order chi connectivity index (χ0) is 12.0. The summed E-state index contributed by atoms with van der Waals surface area (Å²) in [5.74, 6) is 4.86. The van der Waals surface area contributed by atoms with Gasteiger partial charge < -0.3 is 4.57 Å². The predicted molar refractivity (Wildman–Crippen MR) is 71.2 cm³/mol. The van der Waals surface area contributed by atoms with Gasteiger partial charge in [0.1, 0.15) is 11.6 Å². The monoisotopic (exact) mass is 297 g/mol. The fourth-order valence-corrected chi connectivity index (χ4v) is 4.19. The van der Waals surface area contributed by atoms with Gasteiger partial charge in [0.2, 0.25) is 0 Å². The van der Waals surface area contributed by atoms with E-state index in [1.165, 1.54) is 31.5 Å². The second-order valence-corrected chi connectivity index (χ2v) is 6.41. The summed E-state index contributed by atoms with van der Waals surface area (Å²) >= 11 is 3.52. The molecule has 1 aromatic heterocycles. The van der Waals surface area contributed by atoms with E-state index >= 15 is 0 Å². The van der Waals surface area contributed by atoms with Crippen LogP contribution in [0.3, 0.4) is 0 Å². The molecule has 0 saturated heterocycles. The predicted octanol–water partition coefficient (Wildman–Crippen LogP) is 3.66. The number of halogens is 1. The number of fused-ring (bicyclic) bond motifs is 2. The van der Waals surface area contributed by atoms with Crippen LogP contribution in [0.5, 0.6) is 0 Å². The lowest BCUT2D eigenvalue weighted by Crippen LogP contribution is -2.17. The van der Waals surface area contributed by atoms with Gasteiger partial charge in [-0.15, -0.1) is 10.2 Å². The van der Waals surface area contributed by atoms with Crippen LogP contribution in [0, 0.1) is 11.8 Å². The van der Waals surface area contributed by atoms with Crippen LogP contribution in [0.4, 0.5) is 0 Å². The molecule has 0 aromatic carbocycles. The average Bonchev–Trinajstić information content (AvgIpc) is 3.02. The molecule has 3 unspecified atom stereocenters. The van der Waals surface area contributed by atoms with E-state index in [9.17, 15) is 0 Å². The van der Waals surface area contributed by atoms with Crippen molar-refractivity contribution in [1.29, 1.82) is 0 Å². The smallest absolute Gasteiger partial charge is 0.143 e. The Balaban J connectivity index is 1.95. The fraction of sp³-hybridized carbons (Fsp3) is 0.846. The minimum absolute atomic E-state index is 0.465. The van der Waals surface area contributed by atoms with Crippen molar-refractivity contribution >= 4 is 15.9 Å². The summed E-state index contributed by atoms with van der Waals surface area (Å²) in [6.07, 6.45) is 5.63. The van der Waals surface area contributed by atoms with Gasteiger partial charge in [-0.25, -0.2) is 0 Å². The summed E-state index contributed by atoms with van der Waals surface area (Å²) in [6, 6.07) is 0.465. The van der Waals surface area contributed by atoms with E-state index in [0.29, 0.717) is 12.0 Å². The molecular weight excluding hydrogens is 278 g/mol. The number of aromatic nitrogens is 3. The summed E-state index contributed by atoms with van der Waals surface area (Å²) < 4.78 is 2.35. The topological polar surface area (TPSA) is 30.7 Å². The van der Waals surface area contributed by atoms with E-state index in [1.807, 2.05) is 0 Å². The van der Waals surface area contributed by atoms with Crippen molar-refractivity contribution in [3.63, 3.8) is 0 Å². The molecular formula is C13H20BrN3. The first-order valence-corrected chi connectivity index (χ1v) is 7.82. The normalized spacial score (nSPS) is 31.6. The summed E-state index contributed by atoms with van der Waals surface area (Å²) in [4.78, 5) is 0. The first-order chi connectivity index (χ1) is 8.20. The van der Waals surface area contributed by atoms with Crippen LogP contribution >= 0.6 is 15.9 Å². The third-order valence-corrected chi connectivity index (χ3v) is 5.00. The van der Waals surface area contributed by atoms with Gasteiger partial charge in [0.25, 0.3) is 0 Å². The van der Waals surface area contributed by atoms with Crippen LogP contribution < -0.4 is 0 Å². The number of rotatable bonds is 3. The van der Waals surface area contributed by atoms with Crippen LogP contribution in [0.15, 0.2) is 0 Å². The van der Waals surface area contributed by atoms with E-state index < -0.39 is 0 Å². The zero-order valence-corrected chi connectivity index (χ0v) is 12.2. The highest BCUT2D eigenvalue weighted by Gasteiger charge is 2.42. The molecule has 94 valence electrons. The Bertz CT molecular complexity index is 413. The third-order valence-electron chi connectivity index (χ3n) is 4.50. The van der Waals surface area contributed by atoms with Crippen LogP contribution in [0.2, 0.25) is 0 Å². The largest absolute Gasteiger partial charge is 0.311 e. The Morgan fingerprint density at radius 2 is 2.12 bits per heavy atom. The Morgan fingerprint density at radius 1 is 1.29 bits per heavy atom. The Kier molecular flexibility index (Phi) is 3.01. The van der Waals surface area contributed by atoms with E-state index in [-0.39, 0.29) is 0 Å². The average molecular weight is 298 g/mol. The van der Waals surface area contributed by atoms with Crippen molar-refractivity contribution in [3.8, 4) is 0 Å². The second kappa shape index (κ2) is 4.38. The van der Waals surface area contributed by atoms with Gasteiger partial charge >= 0.3 is 0 Å². The minimum atomic E-state index is 0.465. The lowest BCUT2D eigenvalue weighted by Gasteiger charge is -2.23. The van der Waals surface area contributed by atoms with Gasteiger partial charge in [0.05, 0.1) is 5.33 Å². The molecule has 2 aliphatic rings. The van der Waals surface area contributed by atoms with E-state index in [4.69, 9.17) is 0 Å². The summed E-state index contributed by atoms with van der Waals surface area (Å²) in [5, 5.41) is 9.65. The highest BCUT2D eigenvalue weighted by atomic mass is 79.9. The first-order valence-electron chi connectivity index (χ1n) is 6.70. The van der Waals surface area contributed by atoms with Crippen LogP contribution in [-0.4, -0.2) is 14.8 Å². The first kappa shape index (κ1) is 11.7. The summed E-state index contributed by atoms with van der Waals surface area (Å²) in [7, 11) is 0. The lowest BCUT2D eigenvalue weighted by atomic mass is 9.88. The molecule has 1 heterocycles. The van der Waals surface area contributed by atoms with Crippen molar-refractivity contribution in [3.05, 3.63) is 11.6 Å². The molecule has 17 heavy (non-hydrogen) atoms. The molecule has 2 saturated carbocycles. The number of hydrogen-bond donors (Lipinski definition) is 0. The SMILES string of the molecule is CC(C)n1c(CBr)nnc1C1CC2CCC1C2. The van der Waals surface area contributed by atoms with E-state index in [0.717, 1.165) is 23.0 Å². The van der Waals surface area contributed by atoms with Crippen molar-refractivity contribution in [2.45, 2.75) is 56.8 Å². The van der Waals surface area contributed by atoms with Crippen LogP contribution in [0.25, 0.3) is 0 Å². The van der Waals surface area contributed by atoms with E-state index in [1.54, 1.807) is 0 Å². The second-order valence-electron chi connectivity index (χ2n) is 5.85. The van der Waals surface area contributed by atoms with Gasteiger partial charge in [-0.05, 0) is 44.9 Å². The Hall–Kier alpha value is -0.380. The maximum absolute atomic E-state index is 4.49. The zero-order valence-electron chi connectivity index (χ0n) is 10.6. The fourth-order valence-electron chi connectivity index (χ4n) is 3.80. The highest BCUT2D eigenvalue weighted by molar-refractivity contribution is 9.08. The van der Waals surface area contributed by atoms with Crippen LogP contribution in [0.1, 0.15) is 63.1 Å². The van der Waals surface area contributed by atoms with Crippen molar-refractivity contribution < 1.29 is 0 Å². The molecule has 0 N–H and O–H groups in total. The van der Waals surface area contributed by atoms with Gasteiger partial charge in [-0.2, -0.15) is 0 Å². The maximum Gasteiger partial charge on any atom is 0.143 e. The molecule has 2 fully saturated rings. The third kappa shape index (κ3) is 1.85. The van der Waals surface area contributed by atoms with Gasteiger partial charge in [-0.3, -0.25) is 0 Å². The Labute approximate surface area is 111 Å². The number of hydrogen-bond acceptors (Lipinski definition) is 2. The van der Waals surface area contributed by atoms with Crippen molar-refractivity contribution in [1.82, 2.24) is 14.8 Å². The molecule has 3 nitrogen and oxygen atoms in total. The quantitative estimate of drug-likeness (QED) is 0.797. The number of nitrogens with zero attached hydrogens (tertiary/aromatic N) is 3. The van der Waals surface area contributed by atoms with Crippen molar-refractivity contribution in [2.75, 3.05) is 0 Å². The molecule has 0 amide bonds. The maximum atomic E-state index is 4.49. The molecule has 3 atom stereocenters. The molecule has 0 radical (unpaired) electrons. The molecule has 2 aliphatic carbocycles.